The van der Waals surface area contributed by atoms with Crippen molar-refractivity contribution in [3.05, 3.63) is 42.0 Å². The lowest BCUT2D eigenvalue weighted by Gasteiger charge is -2.35. The highest BCUT2D eigenvalue weighted by atomic mass is 16.5. The van der Waals surface area contributed by atoms with Crippen molar-refractivity contribution in [3.8, 4) is 5.75 Å². The van der Waals surface area contributed by atoms with Crippen LogP contribution in [0.1, 0.15) is 63.4 Å². The summed E-state index contributed by atoms with van der Waals surface area (Å²) < 4.78 is 11.4. The molecule has 6 heteroatoms. The van der Waals surface area contributed by atoms with Gasteiger partial charge in [0.25, 0.3) is 0 Å². The zero-order valence-corrected chi connectivity index (χ0v) is 20.9. The van der Waals surface area contributed by atoms with Crippen LogP contribution in [0.2, 0.25) is 0 Å². The second-order valence-corrected chi connectivity index (χ2v) is 10.7. The zero-order chi connectivity index (χ0) is 24.3. The lowest BCUT2D eigenvalue weighted by atomic mass is 9.83. The summed E-state index contributed by atoms with van der Waals surface area (Å²) in [5.74, 6) is 1.77. The van der Waals surface area contributed by atoms with Crippen molar-refractivity contribution in [1.29, 1.82) is 0 Å². The van der Waals surface area contributed by atoms with Crippen molar-refractivity contribution in [2.24, 2.45) is 5.92 Å². The van der Waals surface area contributed by atoms with E-state index in [1.165, 1.54) is 24.8 Å². The van der Waals surface area contributed by atoms with Gasteiger partial charge in [-0.2, -0.15) is 0 Å². The molecule has 2 saturated heterocycles. The van der Waals surface area contributed by atoms with Gasteiger partial charge in [0.05, 0.1) is 13.2 Å². The summed E-state index contributed by atoms with van der Waals surface area (Å²) in [6.45, 7) is 2.36. The van der Waals surface area contributed by atoms with E-state index in [0.29, 0.717) is 38.1 Å². The molecule has 1 saturated carbocycles. The first kappa shape index (κ1) is 24.1. The number of hydrogen-bond donors (Lipinski definition) is 1. The minimum atomic E-state index is -0.393. The van der Waals surface area contributed by atoms with Gasteiger partial charge in [0.2, 0.25) is 11.8 Å². The highest BCUT2D eigenvalue weighted by molar-refractivity contribution is 5.91. The Morgan fingerprint density at radius 3 is 2.60 bits per heavy atom. The normalized spacial score (nSPS) is 24.4. The number of benzene rings is 2. The van der Waals surface area contributed by atoms with Gasteiger partial charge in [-0.1, -0.05) is 36.8 Å². The van der Waals surface area contributed by atoms with Gasteiger partial charge in [-0.3, -0.25) is 9.59 Å². The summed E-state index contributed by atoms with van der Waals surface area (Å²) >= 11 is 0. The highest BCUT2D eigenvalue weighted by Crippen LogP contribution is 2.35. The molecule has 0 bridgehead atoms. The smallest absolute Gasteiger partial charge is 0.222 e. The van der Waals surface area contributed by atoms with E-state index in [-0.39, 0.29) is 17.9 Å². The molecule has 2 aliphatic heterocycles. The number of methoxy groups -OCH3 is 1. The van der Waals surface area contributed by atoms with Crippen LogP contribution in [-0.4, -0.2) is 55.2 Å². The van der Waals surface area contributed by atoms with E-state index in [0.717, 1.165) is 48.9 Å². The Morgan fingerprint density at radius 1 is 1.11 bits per heavy atom. The molecule has 2 amide bonds. The average molecular weight is 479 g/mol. The molecular formula is C29H38N2O4. The number of carbonyl (C=O) groups excluding carboxylic acids is 2. The number of carbonyl (C=O) groups is 2. The van der Waals surface area contributed by atoms with Gasteiger partial charge in [0.1, 0.15) is 5.75 Å². The molecule has 2 aromatic rings. The van der Waals surface area contributed by atoms with Crippen molar-refractivity contribution in [3.63, 3.8) is 0 Å². The maximum absolute atomic E-state index is 13.5. The Morgan fingerprint density at radius 2 is 1.94 bits per heavy atom. The van der Waals surface area contributed by atoms with Crippen LogP contribution in [-0.2, 0) is 20.7 Å². The van der Waals surface area contributed by atoms with Gasteiger partial charge in [0, 0.05) is 43.5 Å². The molecule has 188 valence electrons. The molecule has 0 unspecified atom stereocenters. The number of fused-ring (bicyclic) bond motifs is 1. The lowest BCUT2D eigenvalue weighted by Crippen LogP contribution is -2.46. The summed E-state index contributed by atoms with van der Waals surface area (Å²) in [7, 11) is 1.69. The second-order valence-electron chi connectivity index (χ2n) is 10.7. The maximum Gasteiger partial charge on any atom is 0.222 e. The number of nitrogens with one attached hydrogen (secondary N) is 1. The molecule has 1 aliphatic carbocycles. The minimum absolute atomic E-state index is 0.0842. The van der Waals surface area contributed by atoms with Gasteiger partial charge in [-0.25, -0.2) is 0 Å². The van der Waals surface area contributed by atoms with Crippen LogP contribution in [0.3, 0.4) is 0 Å². The predicted molar refractivity (Wildman–Crippen MR) is 136 cm³/mol. The molecule has 35 heavy (non-hydrogen) atoms. The van der Waals surface area contributed by atoms with Crippen molar-refractivity contribution in [2.45, 2.75) is 75.9 Å². The summed E-state index contributed by atoms with van der Waals surface area (Å²) in [5.41, 5.74) is 0.789. The zero-order valence-electron chi connectivity index (χ0n) is 20.9. The van der Waals surface area contributed by atoms with E-state index in [4.69, 9.17) is 9.47 Å². The average Bonchev–Trinajstić information content (AvgIpc) is 3.49. The Kier molecular flexibility index (Phi) is 7.28. The maximum atomic E-state index is 13.5. The molecule has 0 spiro atoms. The van der Waals surface area contributed by atoms with Gasteiger partial charge in [0.15, 0.2) is 0 Å². The summed E-state index contributed by atoms with van der Waals surface area (Å²) in [4.78, 5) is 27.9. The summed E-state index contributed by atoms with van der Waals surface area (Å²) in [6, 6.07) is 12.4. The third kappa shape index (κ3) is 5.48. The first-order valence-electron chi connectivity index (χ1n) is 13.3. The van der Waals surface area contributed by atoms with Crippen LogP contribution in [0.15, 0.2) is 36.4 Å². The SMILES string of the molecule is COc1ccc(C[C@]2(CCC(=O)N(CC3CCC3)C[C@@H]3CCCO3)CCC(=O)N2)c2ccccc12. The minimum Gasteiger partial charge on any atom is -0.496 e. The molecule has 6 nitrogen and oxygen atoms in total. The van der Waals surface area contributed by atoms with E-state index < -0.39 is 5.54 Å². The fourth-order valence-corrected chi connectivity index (χ4v) is 6.02. The number of rotatable bonds is 10. The summed E-state index contributed by atoms with van der Waals surface area (Å²) in [6.07, 6.45) is 9.11. The highest BCUT2D eigenvalue weighted by Gasteiger charge is 2.39. The van der Waals surface area contributed by atoms with E-state index >= 15 is 0 Å². The van der Waals surface area contributed by atoms with Crippen molar-refractivity contribution >= 4 is 22.6 Å². The van der Waals surface area contributed by atoms with Crippen molar-refractivity contribution in [1.82, 2.24) is 10.2 Å². The first-order valence-corrected chi connectivity index (χ1v) is 13.3. The van der Waals surface area contributed by atoms with Crippen LogP contribution in [0.25, 0.3) is 10.8 Å². The Labute approximate surface area is 208 Å². The van der Waals surface area contributed by atoms with E-state index in [1.54, 1.807) is 7.11 Å². The van der Waals surface area contributed by atoms with Crippen molar-refractivity contribution < 1.29 is 19.1 Å². The molecule has 3 aliphatic rings. The fraction of sp³-hybridized carbons (Fsp3) is 0.586. The summed E-state index contributed by atoms with van der Waals surface area (Å²) in [5, 5.41) is 5.49. The van der Waals surface area contributed by atoms with Gasteiger partial charge < -0.3 is 19.7 Å². The van der Waals surface area contributed by atoms with E-state index in [9.17, 15) is 9.59 Å². The third-order valence-corrected chi connectivity index (χ3v) is 8.28. The number of amides is 2. The monoisotopic (exact) mass is 478 g/mol. The Balaban J connectivity index is 1.32. The molecular weight excluding hydrogens is 440 g/mol. The molecule has 2 heterocycles. The molecule has 1 N–H and O–H groups in total. The molecule has 3 fully saturated rings. The first-order chi connectivity index (χ1) is 17.0. The van der Waals surface area contributed by atoms with Crippen LogP contribution < -0.4 is 10.1 Å². The standard InChI is InChI=1S/C29H38N2O4/c1-34-26-12-11-22(24-9-2-3-10-25(24)26)18-29(15-13-27(32)30-29)16-14-28(33)31(19-21-6-4-7-21)20-23-8-5-17-35-23/h2-3,9-12,21,23H,4-8,13-20H2,1H3,(H,30,32)/t23-,29+/m0/s1. The molecule has 5 rings (SSSR count). The second kappa shape index (κ2) is 10.6. The van der Waals surface area contributed by atoms with Crippen LogP contribution in [0.5, 0.6) is 5.75 Å². The largest absolute Gasteiger partial charge is 0.496 e. The molecule has 2 aromatic carbocycles. The van der Waals surface area contributed by atoms with Crippen molar-refractivity contribution in [2.75, 3.05) is 26.8 Å². The van der Waals surface area contributed by atoms with E-state index in [1.807, 2.05) is 18.2 Å². The fourth-order valence-electron chi connectivity index (χ4n) is 6.02. The third-order valence-electron chi connectivity index (χ3n) is 8.28. The van der Waals surface area contributed by atoms with Gasteiger partial charge in [-0.15, -0.1) is 0 Å². The predicted octanol–water partition coefficient (Wildman–Crippen LogP) is 4.63. The Bertz CT molecular complexity index is 1060. The van der Waals surface area contributed by atoms with Crippen LogP contribution >= 0.6 is 0 Å². The van der Waals surface area contributed by atoms with Crippen LogP contribution in [0, 0.1) is 5.92 Å². The topological polar surface area (TPSA) is 67.9 Å². The van der Waals surface area contributed by atoms with Crippen LogP contribution in [0.4, 0.5) is 0 Å². The molecule has 0 aromatic heterocycles. The van der Waals surface area contributed by atoms with E-state index in [2.05, 4.69) is 28.4 Å². The number of ether oxygens (including phenoxy) is 2. The Hall–Kier alpha value is -2.60. The number of nitrogens with zero attached hydrogens (tertiary/aromatic N) is 1. The van der Waals surface area contributed by atoms with Gasteiger partial charge >= 0.3 is 0 Å². The quantitative estimate of drug-likeness (QED) is 0.541. The molecule has 0 radical (unpaired) electrons. The number of hydrogen-bond acceptors (Lipinski definition) is 4. The van der Waals surface area contributed by atoms with Gasteiger partial charge in [-0.05, 0) is 67.9 Å². The lowest BCUT2D eigenvalue weighted by molar-refractivity contribution is -0.134. The molecule has 2 atom stereocenters.